The minimum absolute atomic E-state index is 0.0354. The molecule has 0 aliphatic carbocycles. The number of ether oxygens (including phenoxy) is 3. The molecule has 59 heavy (non-hydrogen) atoms. The van der Waals surface area contributed by atoms with E-state index in [1.807, 2.05) is 30.3 Å². The molecule has 17 heteroatoms. The predicted octanol–water partition coefficient (Wildman–Crippen LogP) is 4.88. The summed E-state index contributed by atoms with van der Waals surface area (Å²) in [4.78, 5) is 82.1. The number of aryl methyl sites for hydroxylation is 1. The number of hydrogen-bond donors (Lipinski definition) is 3. The van der Waals surface area contributed by atoms with Crippen molar-refractivity contribution >= 4 is 36.1 Å². The molecule has 0 radical (unpaired) electrons. The Bertz CT molecular complexity index is 2080. The fourth-order valence-electron chi connectivity index (χ4n) is 6.11. The van der Waals surface area contributed by atoms with Crippen LogP contribution >= 0.6 is 0 Å². The van der Waals surface area contributed by atoms with E-state index in [4.69, 9.17) is 18.7 Å². The van der Waals surface area contributed by atoms with Gasteiger partial charge < -0.3 is 34.6 Å². The molecule has 3 unspecified atom stereocenters. The Morgan fingerprint density at radius 2 is 1.64 bits per heavy atom. The maximum absolute atomic E-state index is 14.6. The van der Waals surface area contributed by atoms with Crippen molar-refractivity contribution < 1.29 is 61.0 Å². The molecule has 0 spiro atoms. The third-order valence-electron chi connectivity index (χ3n) is 9.15. The molecule has 15 nitrogen and oxygen atoms in total. The molecule has 3 N–H and O–H groups in total. The average Bonchev–Trinajstić information content (AvgIpc) is 3.74. The van der Waals surface area contributed by atoms with E-state index < -0.39 is 65.7 Å². The number of carbonyl (C=O) groups excluding carboxylic acids is 6. The van der Waals surface area contributed by atoms with Crippen LogP contribution in [0, 0.1) is 17.6 Å². The lowest BCUT2D eigenvalue weighted by Crippen LogP contribution is -2.48. The number of benzene rings is 3. The van der Waals surface area contributed by atoms with Crippen molar-refractivity contribution in [3.8, 4) is 17.1 Å². The van der Waals surface area contributed by atoms with Crippen molar-refractivity contribution in [3.05, 3.63) is 113 Å². The maximum Gasteiger partial charge on any atom is 0.328 e. The van der Waals surface area contributed by atoms with E-state index in [1.165, 1.54) is 36.4 Å². The number of nitrogens with zero attached hydrogens (tertiary/aromatic N) is 1. The summed E-state index contributed by atoms with van der Waals surface area (Å²) >= 11 is 0. The lowest BCUT2D eigenvalue weighted by molar-refractivity contribution is -0.200. The molecule has 1 aromatic heterocycles. The summed E-state index contributed by atoms with van der Waals surface area (Å²) in [6.45, 7) is 3.32. The van der Waals surface area contributed by atoms with Gasteiger partial charge >= 0.3 is 11.9 Å². The highest BCUT2D eigenvalue weighted by atomic mass is 19.1. The zero-order chi connectivity index (χ0) is 42.9. The Morgan fingerprint density at radius 1 is 0.881 bits per heavy atom. The smallest absolute Gasteiger partial charge is 0.328 e. The number of halogens is 2. The van der Waals surface area contributed by atoms with Crippen molar-refractivity contribution in [2.75, 3.05) is 27.5 Å². The lowest BCUT2D eigenvalue weighted by atomic mass is 9.89. The Morgan fingerprint density at radius 3 is 2.31 bits per heavy atom. The van der Waals surface area contributed by atoms with Gasteiger partial charge in [-0.25, -0.2) is 18.6 Å². The van der Waals surface area contributed by atoms with Gasteiger partial charge in [0.25, 0.3) is 11.8 Å². The molecule has 3 aromatic carbocycles. The second kappa shape index (κ2) is 22.4. The SMILES string of the molecule is CCOc1cc(-c2ccc(C(=O)NCNC(=O)C(CCc3ccc(F)cc3F)C(CC)N(C=O)OCc3ccccc3)o2)ccc1C(=O)NC(CC(=O)OC)C(=O)OC. The maximum atomic E-state index is 14.6. The minimum atomic E-state index is -1.32. The Hall–Kier alpha value is -6.62. The van der Waals surface area contributed by atoms with Crippen molar-refractivity contribution in [3.63, 3.8) is 0 Å². The van der Waals surface area contributed by atoms with Crippen LogP contribution in [-0.2, 0) is 46.5 Å². The van der Waals surface area contributed by atoms with E-state index in [-0.39, 0.29) is 67.5 Å². The van der Waals surface area contributed by atoms with Crippen LogP contribution in [0.15, 0.2) is 83.3 Å². The van der Waals surface area contributed by atoms with Crippen LogP contribution in [0.3, 0.4) is 0 Å². The number of furan rings is 1. The molecule has 3 atom stereocenters. The zero-order valence-corrected chi connectivity index (χ0v) is 33.0. The quantitative estimate of drug-likeness (QED) is 0.0424. The van der Waals surface area contributed by atoms with Crippen molar-refractivity contribution in [2.24, 2.45) is 5.92 Å². The number of hydrogen-bond acceptors (Lipinski definition) is 11. The fourth-order valence-corrected chi connectivity index (χ4v) is 6.11. The van der Waals surface area contributed by atoms with Crippen LogP contribution in [0.25, 0.3) is 11.3 Å². The number of carbonyl (C=O) groups is 6. The Labute approximate surface area is 339 Å². The Balaban J connectivity index is 1.45. The highest BCUT2D eigenvalue weighted by molar-refractivity contribution is 6.00. The van der Waals surface area contributed by atoms with E-state index in [2.05, 4.69) is 20.7 Å². The molecule has 0 aliphatic heterocycles. The summed E-state index contributed by atoms with van der Waals surface area (Å²) in [7, 11) is 2.26. The first-order valence-corrected chi connectivity index (χ1v) is 18.7. The van der Waals surface area contributed by atoms with Gasteiger partial charge in [0, 0.05) is 11.6 Å². The standard InChI is InChI=1S/C42H46F2N4O11/c1-5-34(48(25-49)58-23-26-10-8-7-9-11-26)30(16-13-27-12-15-29(43)21-32(27)44)39(51)45-24-46-41(53)36-19-18-35(59-36)28-14-17-31(37(20-28)57-6-2)40(52)47-33(42(54)56-4)22-38(50)55-3/h7-12,14-15,17-21,25,30,33-34H,5-6,13,16,22-24H2,1-4H3,(H,45,51)(H,46,53)(H,47,52). The van der Waals surface area contributed by atoms with Crippen LogP contribution in [0.4, 0.5) is 8.78 Å². The second-order valence-corrected chi connectivity index (χ2v) is 12.9. The number of hydroxylamine groups is 2. The molecule has 0 aliphatic rings. The molecular weight excluding hydrogens is 774 g/mol. The molecule has 4 aromatic rings. The molecule has 0 bridgehead atoms. The van der Waals surface area contributed by atoms with E-state index in [0.29, 0.717) is 12.0 Å². The largest absolute Gasteiger partial charge is 0.493 e. The number of rotatable bonds is 22. The van der Waals surface area contributed by atoms with Crippen molar-refractivity contribution in [1.82, 2.24) is 21.0 Å². The summed E-state index contributed by atoms with van der Waals surface area (Å²) in [5.41, 5.74) is 1.43. The summed E-state index contributed by atoms with van der Waals surface area (Å²) in [5, 5.41) is 8.73. The minimum Gasteiger partial charge on any atom is -0.493 e. The number of amides is 4. The zero-order valence-electron chi connectivity index (χ0n) is 33.0. The van der Waals surface area contributed by atoms with Gasteiger partial charge in [-0.1, -0.05) is 49.4 Å². The van der Waals surface area contributed by atoms with Gasteiger partial charge in [-0.3, -0.25) is 28.8 Å². The van der Waals surface area contributed by atoms with Crippen LogP contribution in [0.5, 0.6) is 5.75 Å². The van der Waals surface area contributed by atoms with Gasteiger partial charge in [0.05, 0.1) is 51.4 Å². The van der Waals surface area contributed by atoms with Crippen LogP contribution in [0.1, 0.15) is 65.1 Å². The average molecular weight is 821 g/mol. The van der Waals surface area contributed by atoms with E-state index in [1.54, 1.807) is 13.8 Å². The molecule has 314 valence electrons. The van der Waals surface area contributed by atoms with Gasteiger partial charge in [0.1, 0.15) is 35.8 Å². The van der Waals surface area contributed by atoms with Crippen LogP contribution in [-0.4, -0.2) is 80.7 Å². The first-order chi connectivity index (χ1) is 28.4. The first-order valence-electron chi connectivity index (χ1n) is 18.7. The summed E-state index contributed by atoms with van der Waals surface area (Å²) in [6.07, 6.45) is 0.372. The van der Waals surface area contributed by atoms with Gasteiger partial charge in [-0.05, 0) is 67.6 Å². The summed E-state index contributed by atoms with van der Waals surface area (Å²) < 4.78 is 48.9. The molecule has 0 saturated heterocycles. The number of nitrogens with one attached hydrogen (secondary N) is 3. The number of methoxy groups -OCH3 is 2. The third kappa shape index (κ3) is 12.7. The molecular formula is C42H46F2N4O11. The van der Waals surface area contributed by atoms with Gasteiger partial charge in [0.15, 0.2) is 5.76 Å². The van der Waals surface area contributed by atoms with Crippen LogP contribution < -0.4 is 20.7 Å². The molecule has 4 rings (SSSR count). The lowest BCUT2D eigenvalue weighted by Gasteiger charge is -2.32. The normalized spacial score (nSPS) is 12.3. The van der Waals surface area contributed by atoms with Gasteiger partial charge in [-0.2, -0.15) is 0 Å². The van der Waals surface area contributed by atoms with Crippen LogP contribution in [0.2, 0.25) is 0 Å². The van der Waals surface area contributed by atoms with E-state index in [0.717, 1.165) is 37.0 Å². The van der Waals surface area contributed by atoms with Crippen molar-refractivity contribution in [2.45, 2.75) is 58.2 Å². The molecule has 1 heterocycles. The first kappa shape index (κ1) is 45.1. The summed E-state index contributed by atoms with van der Waals surface area (Å²) in [5.74, 6) is -5.79. The highest BCUT2D eigenvalue weighted by Crippen LogP contribution is 2.30. The summed E-state index contributed by atoms with van der Waals surface area (Å²) in [6, 6.07) is 17.5. The Kier molecular flexibility index (Phi) is 17.1. The van der Waals surface area contributed by atoms with Gasteiger partial charge in [-0.15, -0.1) is 0 Å². The predicted molar refractivity (Wildman–Crippen MR) is 207 cm³/mol. The molecule has 0 saturated carbocycles. The van der Waals surface area contributed by atoms with E-state index in [9.17, 15) is 37.5 Å². The van der Waals surface area contributed by atoms with Gasteiger partial charge in [0.2, 0.25) is 12.3 Å². The fraction of sp³-hybridized carbons (Fsp3) is 0.333. The topological polar surface area (TPSA) is 192 Å². The molecule has 0 fully saturated rings. The number of esters is 2. The molecule has 4 amide bonds. The monoisotopic (exact) mass is 820 g/mol. The van der Waals surface area contributed by atoms with E-state index >= 15 is 0 Å². The third-order valence-corrected chi connectivity index (χ3v) is 9.15. The van der Waals surface area contributed by atoms with Crippen molar-refractivity contribution in [1.29, 1.82) is 0 Å². The highest BCUT2D eigenvalue weighted by Gasteiger charge is 2.33. The second-order valence-electron chi connectivity index (χ2n) is 12.9.